The Morgan fingerprint density at radius 3 is 1.90 bits per heavy atom. The molecule has 0 aromatic heterocycles. The van der Waals surface area contributed by atoms with E-state index in [0.29, 0.717) is 5.41 Å². The van der Waals surface area contributed by atoms with E-state index in [2.05, 4.69) is 27.7 Å². The molecule has 1 atom stereocenters. The second-order valence-electron chi connectivity index (χ2n) is 9.02. The Kier molecular flexibility index (Phi) is 4.81. The number of rotatable bonds is 4. The van der Waals surface area contributed by atoms with Crippen molar-refractivity contribution in [1.29, 1.82) is 0 Å². The van der Waals surface area contributed by atoms with Crippen molar-refractivity contribution in [3.05, 3.63) is 0 Å². The average Bonchev–Trinajstić information content (AvgIpc) is 2.43. The van der Waals surface area contributed by atoms with Crippen LogP contribution < -0.4 is 11.5 Å². The van der Waals surface area contributed by atoms with Crippen LogP contribution in [0.5, 0.6) is 0 Å². The van der Waals surface area contributed by atoms with E-state index in [9.17, 15) is 0 Å². The highest BCUT2D eigenvalue weighted by atomic mass is 14.9. The first kappa shape index (κ1) is 17.3. The monoisotopic (exact) mass is 294 g/mol. The van der Waals surface area contributed by atoms with Crippen LogP contribution in [0.1, 0.15) is 98.3 Å². The van der Waals surface area contributed by atoms with Crippen LogP contribution in [-0.2, 0) is 0 Å². The fourth-order valence-corrected chi connectivity index (χ4v) is 5.04. The topological polar surface area (TPSA) is 52.0 Å². The summed E-state index contributed by atoms with van der Waals surface area (Å²) in [6, 6.07) is 0. The van der Waals surface area contributed by atoms with Gasteiger partial charge in [0.15, 0.2) is 0 Å². The summed E-state index contributed by atoms with van der Waals surface area (Å²) >= 11 is 0. The Labute approximate surface area is 132 Å². The van der Waals surface area contributed by atoms with E-state index in [0.717, 1.165) is 6.42 Å². The first-order valence-electron chi connectivity index (χ1n) is 9.28. The number of nitrogens with two attached hydrogens (primary N) is 2. The predicted molar refractivity (Wildman–Crippen MR) is 92.2 cm³/mol. The zero-order valence-electron chi connectivity index (χ0n) is 14.9. The first-order valence-corrected chi connectivity index (χ1v) is 9.28. The molecule has 2 saturated carbocycles. The molecule has 0 radical (unpaired) electrons. The molecule has 0 aromatic rings. The van der Waals surface area contributed by atoms with Crippen LogP contribution in [0.15, 0.2) is 0 Å². The van der Waals surface area contributed by atoms with Crippen LogP contribution >= 0.6 is 0 Å². The van der Waals surface area contributed by atoms with Gasteiger partial charge in [0.1, 0.15) is 0 Å². The maximum absolute atomic E-state index is 7.10. The summed E-state index contributed by atoms with van der Waals surface area (Å²) in [6.45, 7) is 9.46. The zero-order valence-corrected chi connectivity index (χ0v) is 14.9. The Morgan fingerprint density at radius 2 is 1.38 bits per heavy atom. The Hall–Kier alpha value is -0.0800. The Balaban J connectivity index is 2.22. The summed E-state index contributed by atoms with van der Waals surface area (Å²) in [4.78, 5) is 0. The molecule has 0 aliphatic heterocycles. The summed E-state index contributed by atoms with van der Waals surface area (Å²) in [7, 11) is 0. The predicted octanol–water partition coefficient (Wildman–Crippen LogP) is 4.75. The van der Waals surface area contributed by atoms with Gasteiger partial charge >= 0.3 is 0 Å². The molecule has 0 aromatic carbocycles. The highest BCUT2D eigenvalue weighted by molar-refractivity contribution is 5.10. The van der Waals surface area contributed by atoms with Crippen LogP contribution in [0.2, 0.25) is 0 Å². The fourth-order valence-electron chi connectivity index (χ4n) is 5.04. The maximum Gasteiger partial charge on any atom is 0.0228 e. The summed E-state index contributed by atoms with van der Waals surface area (Å²) in [5.41, 5.74) is 14.5. The first-order chi connectivity index (χ1) is 9.70. The van der Waals surface area contributed by atoms with Gasteiger partial charge < -0.3 is 11.5 Å². The smallest absolute Gasteiger partial charge is 0.0228 e. The van der Waals surface area contributed by atoms with Gasteiger partial charge in [-0.05, 0) is 49.4 Å². The summed E-state index contributed by atoms with van der Waals surface area (Å²) < 4.78 is 0. The van der Waals surface area contributed by atoms with Crippen molar-refractivity contribution in [2.24, 2.45) is 22.3 Å². The quantitative estimate of drug-likeness (QED) is 0.786. The molecule has 4 N–H and O–H groups in total. The third kappa shape index (κ3) is 3.32. The van der Waals surface area contributed by atoms with E-state index in [4.69, 9.17) is 11.5 Å². The van der Waals surface area contributed by atoms with Gasteiger partial charge in [0.25, 0.3) is 0 Å². The summed E-state index contributed by atoms with van der Waals surface area (Å²) in [5, 5.41) is 0. The minimum Gasteiger partial charge on any atom is -0.325 e. The van der Waals surface area contributed by atoms with Crippen LogP contribution in [0.3, 0.4) is 0 Å². The van der Waals surface area contributed by atoms with Gasteiger partial charge in [-0.3, -0.25) is 0 Å². The lowest BCUT2D eigenvalue weighted by Gasteiger charge is -2.58. The van der Waals surface area contributed by atoms with E-state index < -0.39 is 0 Å². The largest absolute Gasteiger partial charge is 0.325 e. The lowest BCUT2D eigenvalue weighted by Crippen LogP contribution is -2.63. The van der Waals surface area contributed by atoms with Crippen molar-refractivity contribution in [3.63, 3.8) is 0 Å². The van der Waals surface area contributed by atoms with E-state index in [1.165, 1.54) is 64.2 Å². The van der Waals surface area contributed by atoms with Crippen LogP contribution in [0.4, 0.5) is 0 Å². The standard InChI is InChI=1S/C19H38N2/c1-5-17(6-2)13-12-16(3,4)19(21,14-17)15-18(20)10-8-7-9-11-18/h5-15,20-21H2,1-4H3. The molecular formula is C19H38N2. The van der Waals surface area contributed by atoms with E-state index in [1.54, 1.807) is 0 Å². The van der Waals surface area contributed by atoms with Crippen molar-refractivity contribution < 1.29 is 0 Å². The molecule has 2 fully saturated rings. The van der Waals surface area contributed by atoms with Gasteiger partial charge in [-0.15, -0.1) is 0 Å². The molecule has 0 saturated heterocycles. The molecule has 2 heteroatoms. The second-order valence-corrected chi connectivity index (χ2v) is 9.02. The van der Waals surface area contributed by atoms with Crippen LogP contribution in [0, 0.1) is 10.8 Å². The van der Waals surface area contributed by atoms with Crippen molar-refractivity contribution in [3.8, 4) is 0 Å². The second kappa shape index (κ2) is 5.85. The fraction of sp³-hybridized carbons (Fsp3) is 1.00. The Bertz CT molecular complexity index is 351. The lowest BCUT2D eigenvalue weighted by molar-refractivity contribution is -0.0171. The third-order valence-electron chi connectivity index (χ3n) is 7.34. The van der Waals surface area contributed by atoms with Crippen molar-refractivity contribution >= 4 is 0 Å². The van der Waals surface area contributed by atoms with Crippen LogP contribution in [-0.4, -0.2) is 11.1 Å². The van der Waals surface area contributed by atoms with Gasteiger partial charge in [-0.2, -0.15) is 0 Å². The molecule has 2 nitrogen and oxygen atoms in total. The highest BCUT2D eigenvalue weighted by Gasteiger charge is 2.53. The molecule has 0 heterocycles. The molecule has 2 rings (SSSR count). The van der Waals surface area contributed by atoms with Gasteiger partial charge in [0, 0.05) is 11.1 Å². The molecular weight excluding hydrogens is 256 g/mol. The maximum atomic E-state index is 7.10. The van der Waals surface area contributed by atoms with Crippen LogP contribution in [0.25, 0.3) is 0 Å². The molecule has 2 aliphatic rings. The molecule has 21 heavy (non-hydrogen) atoms. The number of hydrogen-bond acceptors (Lipinski definition) is 2. The molecule has 0 bridgehead atoms. The van der Waals surface area contributed by atoms with E-state index in [1.807, 2.05) is 0 Å². The van der Waals surface area contributed by atoms with Gasteiger partial charge in [0.2, 0.25) is 0 Å². The molecule has 1 unspecified atom stereocenters. The van der Waals surface area contributed by atoms with Crippen molar-refractivity contribution in [2.45, 2.75) is 109 Å². The molecule has 0 spiro atoms. The zero-order chi connectivity index (χ0) is 15.8. The molecule has 0 amide bonds. The van der Waals surface area contributed by atoms with E-state index >= 15 is 0 Å². The average molecular weight is 295 g/mol. The lowest BCUT2D eigenvalue weighted by atomic mass is 9.51. The van der Waals surface area contributed by atoms with Gasteiger partial charge in [0.05, 0.1) is 0 Å². The normalized spacial score (nSPS) is 34.6. The summed E-state index contributed by atoms with van der Waals surface area (Å²) in [6.07, 6.45) is 13.6. The molecule has 2 aliphatic carbocycles. The minimum atomic E-state index is -0.0939. The van der Waals surface area contributed by atoms with Crippen molar-refractivity contribution in [1.82, 2.24) is 0 Å². The highest BCUT2D eigenvalue weighted by Crippen LogP contribution is 2.55. The summed E-state index contributed by atoms with van der Waals surface area (Å²) in [5.74, 6) is 0. The third-order valence-corrected chi connectivity index (χ3v) is 7.34. The van der Waals surface area contributed by atoms with Crippen molar-refractivity contribution in [2.75, 3.05) is 0 Å². The van der Waals surface area contributed by atoms with E-state index in [-0.39, 0.29) is 16.5 Å². The SMILES string of the molecule is CCC1(CC)CCC(C)(C)C(N)(CC2(N)CCCCC2)C1. The minimum absolute atomic E-state index is 0.00513. The molecule has 124 valence electrons. The number of hydrogen-bond donors (Lipinski definition) is 2. The van der Waals surface area contributed by atoms with Gasteiger partial charge in [-0.25, -0.2) is 0 Å². The Morgan fingerprint density at radius 1 is 0.810 bits per heavy atom. The van der Waals surface area contributed by atoms with Gasteiger partial charge in [-0.1, -0.05) is 59.8 Å².